The number of likely N-dealkylation sites (tertiary alicyclic amines) is 1. The second-order valence-corrected chi connectivity index (χ2v) is 11.1. The van der Waals surface area contributed by atoms with Crippen LogP contribution in [0.15, 0.2) is 30.3 Å². The smallest absolute Gasteiger partial charge is 0.275 e. The summed E-state index contributed by atoms with van der Waals surface area (Å²) in [4.78, 5) is 28.9. The number of carbonyl (C=O) groups excluding carboxylic acids is 2. The molecule has 3 rings (SSSR count). The van der Waals surface area contributed by atoms with Gasteiger partial charge in [-0.2, -0.15) is 13.1 Å². The number of nitrogens with two attached hydrogens (primary N) is 2. The highest BCUT2D eigenvalue weighted by atomic mass is 35.5. The summed E-state index contributed by atoms with van der Waals surface area (Å²) in [7, 11) is -4.21. The molecule has 1 unspecified atom stereocenters. The van der Waals surface area contributed by atoms with Crippen molar-refractivity contribution in [3.8, 4) is 0 Å². The van der Waals surface area contributed by atoms with Gasteiger partial charge in [0.05, 0.1) is 21.5 Å². The lowest BCUT2D eigenvalue weighted by Gasteiger charge is -2.28. The minimum Gasteiger partial charge on any atom is -0.383 e. The fourth-order valence-corrected chi connectivity index (χ4v) is 5.40. The van der Waals surface area contributed by atoms with E-state index in [9.17, 15) is 18.0 Å². The molecule has 184 valence electrons. The Morgan fingerprint density at radius 3 is 2.59 bits per heavy atom. The number of benzene rings is 1. The number of carbonyl (C=O) groups is 2. The molecule has 1 aromatic heterocycles. The second kappa shape index (κ2) is 11.0. The van der Waals surface area contributed by atoms with Crippen LogP contribution in [0.2, 0.25) is 10.0 Å². The van der Waals surface area contributed by atoms with E-state index in [1.165, 1.54) is 16.2 Å². The molecule has 2 atom stereocenters. The highest BCUT2D eigenvalue weighted by Crippen LogP contribution is 2.25. The van der Waals surface area contributed by atoms with Crippen LogP contribution in [0.5, 0.6) is 0 Å². The average molecular weight is 547 g/mol. The van der Waals surface area contributed by atoms with Crippen molar-refractivity contribution in [3.63, 3.8) is 0 Å². The Morgan fingerprint density at radius 2 is 1.97 bits per heavy atom. The third kappa shape index (κ3) is 6.90. The lowest BCUT2D eigenvalue weighted by Crippen LogP contribution is -2.55. The Hall–Kier alpha value is -2.22. The Labute approximate surface area is 211 Å². The zero-order chi connectivity index (χ0) is 25.0. The minimum absolute atomic E-state index is 0.0278. The van der Waals surface area contributed by atoms with Gasteiger partial charge < -0.3 is 16.0 Å². The van der Waals surface area contributed by atoms with Crippen molar-refractivity contribution in [2.24, 2.45) is 10.9 Å². The monoisotopic (exact) mass is 546 g/mol. The molecule has 1 saturated heterocycles. The van der Waals surface area contributed by atoms with Crippen molar-refractivity contribution < 1.29 is 18.0 Å². The van der Waals surface area contributed by atoms with Crippen molar-refractivity contribution in [1.29, 1.82) is 5.41 Å². The molecule has 2 aromatic rings. The van der Waals surface area contributed by atoms with Gasteiger partial charge >= 0.3 is 0 Å². The van der Waals surface area contributed by atoms with Gasteiger partial charge in [-0.15, -0.1) is 11.3 Å². The third-order valence-electron chi connectivity index (χ3n) is 5.23. The Bertz CT molecular complexity index is 1200. The van der Waals surface area contributed by atoms with Crippen LogP contribution < -0.4 is 20.9 Å². The number of hydrogen-bond acceptors (Lipinski definition) is 6. The first-order valence-electron chi connectivity index (χ1n) is 10.2. The van der Waals surface area contributed by atoms with E-state index in [4.69, 9.17) is 39.5 Å². The van der Waals surface area contributed by atoms with E-state index in [-0.39, 0.29) is 29.7 Å². The van der Waals surface area contributed by atoms with E-state index in [2.05, 4.69) is 10.0 Å². The van der Waals surface area contributed by atoms with Crippen molar-refractivity contribution >= 4 is 62.4 Å². The first-order valence-corrected chi connectivity index (χ1v) is 13.3. The lowest BCUT2D eigenvalue weighted by molar-refractivity contribution is -0.139. The minimum atomic E-state index is -4.21. The summed E-state index contributed by atoms with van der Waals surface area (Å²) in [5.74, 6) is -0.967. The molecule has 1 aliphatic rings. The summed E-state index contributed by atoms with van der Waals surface area (Å²) in [6.07, 6.45) is 1.00. The molecule has 10 nitrogen and oxygen atoms in total. The third-order valence-corrected chi connectivity index (χ3v) is 7.70. The quantitative estimate of drug-likeness (QED) is 0.235. The average Bonchev–Trinajstić information content (AvgIpc) is 3.42. The van der Waals surface area contributed by atoms with Gasteiger partial charge in [0.15, 0.2) is 0 Å². The molecular formula is C20H24Cl2N6O4S2. The molecule has 7 N–H and O–H groups in total. The van der Waals surface area contributed by atoms with Crippen LogP contribution in [-0.2, 0) is 32.8 Å². The van der Waals surface area contributed by atoms with Crippen molar-refractivity contribution in [3.05, 3.63) is 55.7 Å². The van der Waals surface area contributed by atoms with Crippen LogP contribution in [0.25, 0.3) is 0 Å². The number of amidine groups is 1. The van der Waals surface area contributed by atoms with E-state index in [0.717, 1.165) is 4.88 Å². The topological polar surface area (TPSA) is 171 Å². The van der Waals surface area contributed by atoms with Crippen LogP contribution in [-0.4, -0.2) is 49.6 Å². The standard InChI is InChI=1S/C20H24Cl2N6O4S2/c21-13-5-3-11(8-14(13)22)9-15(27-34(25,31)32)20(30)28-7-1-2-16(28)19(29)26-10-12-4-6-17(33-12)18(23)24/h3-6,8,15-16,27H,1-2,7,9-10H2,(H3,23,24)(H,26,29)(H2,25,31,32)/t15-,16?/m1/s1. The molecule has 14 heteroatoms. The number of thiophene rings is 1. The van der Waals surface area contributed by atoms with Gasteiger partial charge in [0.2, 0.25) is 11.8 Å². The number of hydrogen-bond donors (Lipinski definition) is 5. The van der Waals surface area contributed by atoms with Crippen LogP contribution in [0.3, 0.4) is 0 Å². The van der Waals surface area contributed by atoms with E-state index in [0.29, 0.717) is 34.8 Å². The summed E-state index contributed by atoms with van der Waals surface area (Å²) in [5, 5.41) is 16.0. The fraction of sp³-hybridized carbons (Fsp3) is 0.350. The maximum absolute atomic E-state index is 13.3. The van der Waals surface area contributed by atoms with Gasteiger partial charge in [-0.25, -0.2) is 5.14 Å². The van der Waals surface area contributed by atoms with Crippen molar-refractivity contribution in [1.82, 2.24) is 14.9 Å². The van der Waals surface area contributed by atoms with E-state index in [1.54, 1.807) is 30.3 Å². The molecular weight excluding hydrogens is 523 g/mol. The largest absolute Gasteiger partial charge is 0.383 e. The first-order chi connectivity index (χ1) is 15.9. The molecule has 34 heavy (non-hydrogen) atoms. The van der Waals surface area contributed by atoms with Gasteiger partial charge in [0.1, 0.15) is 17.9 Å². The summed E-state index contributed by atoms with van der Waals surface area (Å²) in [6.45, 7) is 0.520. The number of nitrogens with one attached hydrogen (secondary N) is 3. The van der Waals surface area contributed by atoms with Crippen molar-refractivity contribution in [2.75, 3.05) is 6.54 Å². The zero-order valence-corrected chi connectivity index (χ0v) is 21.0. The number of nitrogen functional groups attached to an aromatic ring is 1. The molecule has 0 aliphatic carbocycles. The van der Waals surface area contributed by atoms with Gasteiger partial charge in [-0.1, -0.05) is 29.3 Å². The summed E-state index contributed by atoms with van der Waals surface area (Å²) >= 11 is 13.3. The molecule has 0 bridgehead atoms. The Kier molecular flexibility index (Phi) is 8.55. The van der Waals surface area contributed by atoms with E-state index in [1.807, 2.05) is 0 Å². The normalized spacial score (nSPS) is 16.9. The molecule has 0 radical (unpaired) electrons. The van der Waals surface area contributed by atoms with Gasteiger partial charge in [-0.05, 0) is 49.1 Å². The Morgan fingerprint density at radius 1 is 1.24 bits per heavy atom. The van der Waals surface area contributed by atoms with Gasteiger partial charge in [0, 0.05) is 11.4 Å². The molecule has 2 amide bonds. The van der Waals surface area contributed by atoms with Crippen LogP contribution in [0, 0.1) is 5.41 Å². The highest BCUT2D eigenvalue weighted by Gasteiger charge is 2.38. The van der Waals surface area contributed by atoms with Gasteiger partial charge in [0.25, 0.3) is 10.2 Å². The lowest BCUT2D eigenvalue weighted by atomic mass is 10.0. The maximum Gasteiger partial charge on any atom is 0.275 e. The fourth-order valence-electron chi connectivity index (χ4n) is 3.69. The maximum atomic E-state index is 13.3. The van der Waals surface area contributed by atoms with Crippen LogP contribution in [0.4, 0.5) is 0 Å². The molecule has 1 aromatic carbocycles. The summed E-state index contributed by atoms with van der Waals surface area (Å²) < 4.78 is 25.7. The molecule has 1 aliphatic heterocycles. The second-order valence-electron chi connectivity index (χ2n) is 7.76. The van der Waals surface area contributed by atoms with E-state index >= 15 is 0 Å². The van der Waals surface area contributed by atoms with E-state index < -0.39 is 28.2 Å². The first kappa shape index (κ1) is 26.4. The molecule has 1 fully saturated rings. The van der Waals surface area contributed by atoms with Crippen LogP contribution >= 0.6 is 34.5 Å². The highest BCUT2D eigenvalue weighted by molar-refractivity contribution is 7.87. The number of nitrogens with zero attached hydrogens (tertiary/aromatic N) is 1. The predicted molar refractivity (Wildman–Crippen MR) is 132 cm³/mol. The number of amides is 2. The summed E-state index contributed by atoms with van der Waals surface area (Å²) in [6, 6.07) is 6.21. The molecule has 0 saturated carbocycles. The SMILES string of the molecule is N=C(N)c1ccc(CNC(=O)C2CCCN2C(=O)[C@@H](Cc2ccc(Cl)c(Cl)c2)NS(N)(=O)=O)s1. The van der Waals surface area contributed by atoms with Gasteiger partial charge in [-0.3, -0.25) is 15.0 Å². The zero-order valence-electron chi connectivity index (χ0n) is 17.9. The molecule has 0 spiro atoms. The van der Waals surface area contributed by atoms with Crippen LogP contribution in [0.1, 0.15) is 28.2 Å². The Balaban J connectivity index is 1.72. The van der Waals surface area contributed by atoms with Crippen molar-refractivity contribution in [2.45, 2.75) is 37.9 Å². The summed E-state index contributed by atoms with van der Waals surface area (Å²) in [5.41, 5.74) is 6.04. The predicted octanol–water partition coefficient (Wildman–Crippen LogP) is 1.35. The number of rotatable bonds is 9. The number of halogens is 2. The molecule has 2 heterocycles.